The van der Waals surface area contributed by atoms with Gasteiger partial charge in [-0.3, -0.25) is 4.90 Å². The molecule has 1 amide bonds. The molecule has 3 nitrogen and oxygen atoms in total. The standard InChI is InChI=1S/C12H10FNO2/c13-11-3-1-9(2-4-11)10-5-7-14(8-6-10)12(15)16/h1-8,10H,(H,15,16). The molecule has 0 aromatic heterocycles. The molecule has 0 spiro atoms. The van der Waals surface area contributed by atoms with Gasteiger partial charge in [0, 0.05) is 18.3 Å². The molecule has 1 aliphatic heterocycles. The molecule has 0 saturated carbocycles. The molecular formula is C12H10FNO2. The third-order valence-electron chi connectivity index (χ3n) is 2.38. The molecule has 0 saturated heterocycles. The molecule has 1 aliphatic rings. The fourth-order valence-electron chi connectivity index (χ4n) is 1.52. The minimum Gasteiger partial charge on any atom is -0.464 e. The zero-order chi connectivity index (χ0) is 11.5. The van der Waals surface area contributed by atoms with Gasteiger partial charge in [0.1, 0.15) is 5.82 Å². The molecular weight excluding hydrogens is 209 g/mol. The number of halogens is 1. The Labute approximate surface area is 92.1 Å². The van der Waals surface area contributed by atoms with Crippen LogP contribution in [0, 0.1) is 5.82 Å². The van der Waals surface area contributed by atoms with E-state index in [-0.39, 0.29) is 11.7 Å². The normalized spacial score (nSPS) is 15.4. The Morgan fingerprint density at radius 3 is 2.25 bits per heavy atom. The van der Waals surface area contributed by atoms with Crippen molar-refractivity contribution < 1.29 is 14.3 Å². The Morgan fingerprint density at radius 1 is 1.19 bits per heavy atom. The van der Waals surface area contributed by atoms with Crippen molar-refractivity contribution in [2.75, 3.05) is 0 Å². The van der Waals surface area contributed by atoms with Gasteiger partial charge in [0.2, 0.25) is 0 Å². The molecule has 0 atom stereocenters. The Hall–Kier alpha value is -2.10. The predicted molar refractivity (Wildman–Crippen MR) is 57.3 cm³/mol. The lowest BCUT2D eigenvalue weighted by molar-refractivity contribution is 0.175. The molecule has 0 unspecified atom stereocenters. The van der Waals surface area contributed by atoms with Crippen LogP contribution in [-0.4, -0.2) is 16.1 Å². The van der Waals surface area contributed by atoms with Crippen LogP contribution in [0.25, 0.3) is 0 Å². The number of benzene rings is 1. The average Bonchev–Trinajstić information content (AvgIpc) is 2.30. The third-order valence-corrected chi connectivity index (χ3v) is 2.38. The van der Waals surface area contributed by atoms with Crippen LogP contribution < -0.4 is 0 Å². The van der Waals surface area contributed by atoms with E-state index in [9.17, 15) is 9.18 Å². The van der Waals surface area contributed by atoms with Gasteiger partial charge in [-0.2, -0.15) is 0 Å². The van der Waals surface area contributed by atoms with E-state index >= 15 is 0 Å². The molecule has 0 aliphatic carbocycles. The quantitative estimate of drug-likeness (QED) is 0.788. The second-order valence-corrected chi connectivity index (χ2v) is 3.45. The van der Waals surface area contributed by atoms with Crippen LogP contribution in [0.2, 0.25) is 0 Å². The number of nitrogens with zero attached hydrogens (tertiary/aromatic N) is 1. The lowest BCUT2D eigenvalue weighted by Gasteiger charge is -2.17. The zero-order valence-corrected chi connectivity index (χ0v) is 8.38. The number of rotatable bonds is 1. The van der Waals surface area contributed by atoms with E-state index in [2.05, 4.69) is 0 Å². The van der Waals surface area contributed by atoms with E-state index in [1.165, 1.54) is 24.5 Å². The van der Waals surface area contributed by atoms with Crippen LogP contribution in [0.3, 0.4) is 0 Å². The van der Waals surface area contributed by atoms with Gasteiger partial charge in [-0.05, 0) is 17.7 Å². The van der Waals surface area contributed by atoms with Gasteiger partial charge in [-0.25, -0.2) is 9.18 Å². The zero-order valence-electron chi connectivity index (χ0n) is 8.38. The van der Waals surface area contributed by atoms with E-state index < -0.39 is 6.09 Å². The third kappa shape index (κ3) is 2.11. The van der Waals surface area contributed by atoms with Crippen LogP contribution >= 0.6 is 0 Å². The first-order valence-corrected chi connectivity index (χ1v) is 4.80. The predicted octanol–water partition coefficient (Wildman–Crippen LogP) is 2.93. The number of carboxylic acid groups (broad SMARTS) is 1. The summed E-state index contributed by atoms with van der Waals surface area (Å²) in [5, 5.41) is 8.71. The Bertz CT molecular complexity index is 437. The molecule has 1 aromatic rings. The van der Waals surface area contributed by atoms with Crippen molar-refractivity contribution in [2.24, 2.45) is 0 Å². The topological polar surface area (TPSA) is 40.5 Å². The smallest absolute Gasteiger partial charge is 0.415 e. The lowest BCUT2D eigenvalue weighted by atomic mass is 9.98. The monoisotopic (exact) mass is 219 g/mol. The van der Waals surface area contributed by atoms with Crippen molar-refractivity contribution in [3.8, 4) is 0 Å². The summed E-state index contributed by atoms with van der Waals surface area (Å²) in [6.07, 6.45) is 5.44. The highest BCUT2D eigenvalue weighted by Gasteiger charge is 2.12. The molecule has 16 heavy (non-hydrogen) atoms. The van der Waals surface area contributed by atoms with Crippen molar-refractivity contribution >= 4 is 6.09 Å². The van der Waals surface area contributed by atoms with Gasteiger partial charge in [0.25, 0.3) is 0 Å². The number of hydrogen-bond donors (Lipinski definition) is 1. The summed E-state index contributed by atoms with van der Waals surface area (Å²) >= 11 is 0. The first kappa shape index (κ1) is 10.4. The van der Waals surface area contributed by atoms with Crippen LogP contribution in [0.5, 0.6) is 0 Å². The van der Waals surface area contributed by atoms with Gasteiger partial charge in [0.05, 0.1) is 0 Å². The maximum atomic E-state index is 12.7. The van der Waals surface area contributed by atoms with Crippen molar-refractivity contribution in [1.82, 2.24) is 4.90 Å². The summed E-state index contributed by atoms with van der Waals surface area (Å²) in [4.78, 5) is 11.7. The number of allylic oxidation sites excluding steroid dienone is 2. The molecule has 0 radical (unpaired) electrons. The summed E-state index contributed by atoms with van der Waals surface area (Å²) in [7, 11) is 0. The fraction of sp³-hybridized carbons (Fsp3) is 0.0833. The molecule has 1 aromatic carbocycles. The van der Waals surface area contributed by atoms with Crippen molar-refractivity contribution in [3.63, 3.8) is 0 Å². The summed E-state index contributed by atoms with van der Waals surface area (Å²) in [6, 6.07) is 6.15. The van der Waals surface area contributed by atoms with Crippen LogP contribution in [-0.2, 0) is 0 Å². The Balaban J connectivity index is 2.15. The van der Waals surface area contributed by atoms with Crippen LogP contribution in [0.4, 0.5) is 9.18 Å². The molecule has 1 heterocycles. The van der Waals surface area contributed by atoms with Crippen molar-refractivity contribution in [3.05, 3.63) is 60.2 Å². The van der Waals surface area contributed by atoms with Crippen LogP contribution in [0.1, 0.15) is 11.5 Å². The second kappa shape index (κ2) is 4.18. The molecule has 0 bridgehead atoms. The van der Waals surface area contributed by atoms with Gasteiger partial charge < -0.3 is 5.11 Å². The summed E-state index contributed by atoms with van der Waals surface area (Å²) in [5.41, 5.74) is 0.930. The highest BCUT2D eigenvalue weighted by atomic mass is 19.1. The molecule has 1 N–H and O–H groups in total. The van der Waals surface area contributed by atoms with E-state index in [0.717, 1.165) is 10.5 Å². The van der Waals surface area contributed by atoms with E-state index in [1.54, 1.807) is 24.3 Å². The van der Waals surface area contributed by atoms with E-state index in [0.29, 0.717) is 0 Å². The largest absolute Gasteiger partial charge is 0.464 e. The van der Waals surface area contributed by atoms with Crippen molar-refractivity contribution in [1.29, 1.82) is 0 Å². The summed E-state index contributed by atoms with van der Waals surface area (Å²) < 4.78 is 12.7. The number of amides is 1. The fourth-order valence-corrected chi connectivity index (χ4v) is 1.52. The SMILES string of the molecule is O=C(O)N1C=CC(c2ccc(F)cc2)C=C1. The number of carbonyl (C=O) groups is 1. The molecule has 2 rings (SSSR count). The highest BCUT2D eigenvalue weighted by molar-refractivity contribution is 5.68. The van der Waals surface area contributed by atoms with Crippen LogP contribution in [0.15, 0.2) is 48.8 Å². The molecule has 0 fully saturated rings. The average molecular weight is 219 g/mol. The van der Waals surface area contributed by atoms with Gasteiger partial charge >= 0.3 is 6.09 Å². The summed E-state index contributed by atoms with van der Waals surface area (Å²) in [5.74, 6) is -0.282. The summed E-state index contributed by atoms with van der Waals surface area (Å²) in [6.45, 7) is 0. The van der Waals surface area contributed by atoms with Gasteiger partial charge in [-0.1, -0.05) is 24.3 Å². The molecule has 4 heteroatoms. The van der Waals surface area contributed by atoms with Crippen molar-refractivity contribution in [2.45, 2.75) is 5.92 Å². The first-order chi connectivity index (χ1) is 7.66. The minimum absolute atomic E-state index is 0.00352. The lowest BCUT2D eigenvalue weighted by Crippen LogP contribution is -2.19. The van der Waals surface area contributed by atoms with E-state index in [4.69, 9.17) is 5.11 Å². The number of hydrogen-bond acceptors (Lipinski definition) is 1. The second-order valence-electron chi connectivity index (χ2n) is 3.45. The Kier molecular flexibility index (Phi) is 2.72. The Morgan fingerprint density at radius 2 is 1.75 bits per heavy atom. The first-order valence-electron chi connectivity index (χ1n) is 4.80. The minimum atomic E-state index is -1.02. The highest BCUT2D eigenvalue weighted by Crippen LogP contribution is 2.22. The maximum absolute atomic E-state index is 12.7. The van der Waals surface area contributed by atoms with Gasteiger partial charge in [0.15, 0.2) is 0 Å². The van der Waals surface area contributed by atoms with Gasteiger partial charge in [-0.15, -0.1) is 0 Å². The van der Waals surface area contributed by atoms with E-state index in [1.807, 2.05) is 0 Å². The maximum Gasteiger partial charge on any atom is 0.415 e. The molecule has 82 valence electrons.